The molecule has 0 radical (unpaired) electrons. The van der Waals surface area contributed by atoms with E-state index in [-0.39, 0.29) is 12.3 Å². The molecular weight excluding hydrogens is 464 g/mol. The molecule has 0 saturated carbocycles. The van der Waals surface area contributed by atoms with E-state index in [0.717, 1.165) is 23.2 Å². The van der Waals surface area contributed by atoms with Crippen molar-refractivity contribution in [3.05, 3.63) is 94.3 Å². The minimum Gasteiger partial charge on any atom is -0.421 e. The van der Waals surface area contributed by atoms with Crippen LogP contribution in [-0.4, -0.2) is 27.6 Å². The van der Waals surface area contributed by atoms with Crippen LogP contribution in [0.2, 0.25) is 0 Å². The van der Waals surface area contributed by atoms with E-state index in [4.69, 9.17) is 9.40 Å². The third-order valence-corrected chi connectivity index (χ3v) is 6.90. The summed E-state index contributed by atoms with van der Waals surface area (Å²) < 4.78 is 5.76. The van der Waals surface area contributed by atoms with Crippen LogP contribution in [0.15, 0.2) is 87.3 Å². The molecular formula is C26H22N4O2S2. The summed E-state index contributed by atoms with van der Waals surface area (Å²) in [6.45, 7) is 0.550. The number of anilines is 1. The fourth-order valence-electron chi connectivity index (χ4n) is 3.55. The molecule has 5 aromatic rings. The first-order valence-electron chi connectivity index (χ1n) is 11.0. The molecule has 0 saturated heterocycles. The van der Waals surface area contributed by atoms with Crippen LogP contribution in [0.4, 0.5) is 5.13 Å². The Kier molecular flexibility index (Phi) is 6.88. The van der Waals surface area contributed by atoms with E-state index in [1.54, 1.807) is 16.2 Å². The van der Waals surface area contributed by atoms with E-state index in [0.29, 0.717) is 29.9 Å². The van der Waals surface area contributed by atoms with Crippen molar-refractivity contribution in [1.29, 1.82) is 0 Å². The Morgan fingerprint density at radius 2 is 1.68 bits per heavy atom. The fourth-order valence-corrected chi connectivity index (χ4v) is 5.06. The largest absolute Gasteiger partial charge is 0.421 e. The standard InChI is InChI=1S/C26H22N4O2S2/c31-24(12-11-23-28-29-25(32-23)21-14-16-33-17-21)30(15-13-19-7-3-1-4-8-19)26-27-22(18-34-26)20-9-5-2-6-10-20/h1-10,14,16-18H,11-13,15H2. The lowest BCUT2D eigenvalue weighted by Gasteiger charge is -2.20. The topological polar surface area (TPSA) is 72.1 Å². The molecule has 34 heavy (non-hydrogen) atoms. The van der Waals surface area contributed by atoms with Gasteiger partial charge in [0.2, 0.25) is 17.7 Å². The van der Waals surface area contributed by atoms with Gasteiger partial charge in [0.15, 0.2) is 5.13 Å². The van der Waals surface area contributed by atoms with E-state index in [9.17, 15) is 4.79 Å². The predicted octanol–water partition coefficient (Wildman–Crippen LogP) is 6.13. The van der Waals surface area contributed by atoms with Crippen LogP contribution in [0.1, 0.15) is 17.9 Å². The van der Waals surface area contributed by atoms with Gasteiger partial charge in [-0.1, -0.05) is 60.7 Å². The van der Waals surface area contributed by atoms with Gasteiger partial charge in [0.05, 0.1) is 5.69 Å². The molecule has 2 aromatic carbocycles. The number of amides is 1. The first-order chi connectivity index (χ1) is 16.8. The Hall–Kier alpha value is -3.62. The van der Waals surface area contributed by atoms with Crippen LogP contribution in [0.5, 0.6) is 0 Å². The van der Waals surface area contributed by atoms with Gasteiger partial charge in [-0.15, -0.1) is 21.5 Å². The van der Waals surface area contributed by atoms with Gasteiger partial charge >= 0.3 is 0 Å². The molecule has 3 aromatic heterocycles. The van der Waals surface area contributed by atoms with Gasteiger partial charge in [0.25, 0.3) is 0 Å². The van der Waals surface area contributed by atoms with E-state index < -0.39 is 0 Å². The van der Waals surface area contributed by atoms with Crippen molar-refractivity contribution in [3.63, 3.8) is 0 Å². The lowest BCUT2D eigenvalue weighted by Crippen LogP contribution is -2.33. The number of thiophene rings is 1. The molecule has 6 nitrogen and oxygen atoms in total. The lowest BCUT2D eigenvalue weighted by molar-refractivity contribution is -0.118. The number of carbonyl (C=O) groups is 1. The van der Waals surface area contributed by atoms with Crippen LogP contribution in [0.3, 0.4) is 0 Å². The number of nitrogens with zero attached hydrogens (tertiary/aromatic N) is 4. The third kappa shape index (κ3) is 5.30. The summed E-state index contributed by atoms with van der Waals surface area (Å²) in [6.07, 6.45) is 1.39. The van der Waals surface area contributed by atoms with Gasteiger partial charge < -0.3 is 4.42 Å². The molecule has 3 heterocycles. The van der Waals surface area contributed by atoms with E-state index in [2.05, 4.69) is 22.3 Å². The molecule has 0 aliphatic heterocycles. The van der Waals surface area contributed by atoms with Crippen LogP contribution in [0.25, 0.3) is 22.7 Å². The number of rotatable bonds is 9. The average molecular weight is 487 g/mol. The minimum atomic E-state index is -0.0137. The highest BCUT2D eigenvalue weighted by molar-refractivity contribution is 7.14. The van der Waals surface area contributed by atoms with Crippen molar-refractivity contribution in [2.45, 2.75) is 19.3 Å². The van der Waals surface area contributed by atoms with Crippen LogP contribution < -0.4 is 4.90 Å². The Morgan fingerprint density at radius 3 is 2.44 bits per heavy atom. The SMILES string of the molecule is O=C(CCc1nnc(-c2ccsc2)o1)N(CCc1ccccc1)c1nc(-c2ccccc2)cs1. The molecule has 0 bridgehead atoms. The maximum absolute atomic E-state index is 13.3. The summed E-state index contributed by atoms with van der Waals surface area (Å²) in [7, 11) is 0. The van der Waals surface area contributed by atoms with Crippen molar-refractivity contribution in [1.82, 2.24) is 15.2 Å². The molecule has 5 rings (SSSR count). The number of hydrogen-bond donors (Lipinski definition) is 0. The Labute approximate surface area is 205 Å². The zero-order chi connectivity index (χ0) is 23.2. The highest BCUT2D eigenvalue weighted by atomic mass is 32.1. The second-order valence-corrected chi connectivity index (χ2v) is 9.29. The monoisotopic (exact) mass is 486 g/mol. The van der Waals surface area contributed by atoms with Gasteiger partial charge in [-0.05, 0) is 23.4 Å². The summed E-state index contributed by atoms with van der Waals surface area (Å²) in [6, 6.07) is 22.1. The highest BCUT2D eigenvalue weighted by Crippen LogP contribution is 2.28. The zero-order valence-corrected chi connectivity index (χ0v) is 20.0. The average Bonchev–Trinajstić information content (AvgIpc) is 3.66. The summed E-state index contributed by atoms with van der Waals surface area (Å²) in [5, 5.41) is 14.8. The highest BCUT2D eigenvalue weighted by Gasteiger charge is 2.21. The second-order valence-electron chi connectivity index (χ2n) is 7.68. The molecule has 170 valence electrons. The number of aromatic nitrogens is 3. The number of thiazole rings is 1. The van der Waals surface area contributed by atoms with Crippen LogP contribution >= 0.6 is 22.7 Å². The molecule has 0 atom stereocenters. The summed E-state index contributed by atoms with van der Waals surface area (Å²) in [5.74, 6) is 0.930. The van der Waals surface area contributed by atoms with Gasteiger partial charge in [-0.3, -0.25) is 9.69 Å². The molecule has 0 unspecified atom stereocenters. The number of benzene rings is 2. The quantitative estimate of drug-likeness (QED) is 0.251. The van der Waals surface area contributed by atoms with Gasteiger partial charge in [0, 0.05) is 41.3 Å². The molecule has 0 aliphatic rings. The molecule has 8 heteroatoms. The van der Waals surface area contributed by atoms with Crippen molar-refractivity contribution >= 4 is 33.7 Å². The predicted molar refractivity (Wildman–Crippen MR) is 136 cm³/mol. The molecule has 0 N–H and O–H groups in total. The van der Waals surface area contributed by atoms with Crippen molar-refractivity contribution in [3.8, 4) is 22.7 Å². The first kappa shape index (κ1) is 22.2. The zero-order valence-electron chi connectivity index (χ0n) is 18.3. The Balaban J connectivity index is 1.31. The minimum absolute atomic E-state index is 0.0137. The van der Waals surface area contributed by atoms with E-state index >= 15 is 0 Å². The van der Waals surface area contributed by atoms with Gasteiger partial charge in [-0.25, -0.2) is 4.98 Å². The Morgan fingerprint density at radius 1 is 0.882 bits per heavy atom. The van der Waals surface area contributed by atoms with Crippen molar-refractivity contribution in [2.75, 3.05) is 11.4 Å². The first-order valence-corrected chi connectivity index (χ1v) is 12.8. The summed E-state index contributed by atoms with van der Waals surface area (Å²) in [5.41, 5.74) is 3.98. The summed E-state index contributed by atoms with van der Waals surface area (Å²) in [4.78, 5) is 19.9. The fraction of sp³-hybridized carbons (Fsp3) is 0.154. The number of aryl methyl sites for hydroxylation is 1. The van der Waals surface area contributed by atoms with Crippen LogP contribution in [0, 0.1) is 0 Å². The smallest absolute Gasteiger partial charge is 0.248 e. The lowest BCUT2D eigenvalue weighted by atomic mass is 10.1. The maximum Gasteiger partial charge on any atom is 0.248 e. The normalized spacial score (nSPS) is 10.9. The van der Waals surface area contributed by atoms with Gasteiger partial charge in [-0.2, -0.15) is 11.3 Å². The third-order valence-electron chi connectivity index (χ3n) is 5.35. The van der Waals surface area contributed by atoms with Crippen LogP contribution in [-0.2, 0) is 17.6 Å². The number of hydrogen-bond acceptors (Lipinski definition) is 7. The molecule has 0 spiro atoms. The van der Waals surface area contributed by atoms with Gasteiger partial charge in [0.1, 0.15) is 0 Å². The Bertz CT molecular complexity index is 1330. The molecule has 0 aliphatic carbocycles. The second kappa shape index (κ2) is 10.5. The van der Waals surface area contributed by atoms with E-state index in [1.165, 1.54) is 16.9 Å². The van der Waals surface area contributed by atoms with E-state index in [1.807, 2.05) is 70.7 Å². The number of carbonyl (C=O) groups excluding carboxylic acids is 1. The molecule has 1 amide bonds. The van der Waals surface area contributed by atoms with Crippen molar-refractivity contribution < 1.29 is 9.21 Å². The maximum atomic E-state index is 13.3. The van der Waals surface area contributed by atoms with Crippen molar-refractivity contribution in [2.24, 2.45) is 0 Å². The molecule has 0 fully saturated rings. The summed E-state index contributed by atoms with van der Waals surface area (Å²) >= 11 is 3.06.